The monoisotopic (exact) mass is 283 g/mol. The molecule has 2 rings (SSSR count). The Kier molecular flexibility index (Phi) is 4.57. The summed E-state index contributed by atoms with van der Waals surface area (Å²) in [4.78, 5) is 17.6. The molecule has 1 fully saturated rings. The number of carbonyl (C=O) groups excluding carboxylic acids is 1. The van der Waals surface area contributed by atoms with Gasteiger partial charge in [0.2, 0.25) is 5.91 Å². The lowest BCUT2D eigenvalue weighted by molar-refractivity contribution is -0.119. The number of nitrogen functional groups attached to an aromatic ring is 1. The van der Waals surface area contributed by atoms with Crippen LogP contribution in [0.4, 0.5) is 5.82 Å². The van der Waals surface area contributed by atoms with Gasteiger partial charge in [0.15, 0.2) is 0 Å². The van der Waals surface area contributed by atoms with E-state index in [4.69, 9.17) is 17.4 Å². The van der Waals surface area contributed by atoms with Crippen molar-refractivity contribution in [3.63, 3.8) is 0 Å². The topological polar surface area (TPSA) is 83.3 Å². The second-order valence-corrected chi connectivity index (χ2v) is 5.10. The molecule has 0 aliphatic carbocycles. The van der Waals surface area contributed by atoms with Crippen LogP contribution in [0.3, 0.4) is 0 Å². The number of rotatable bonds is 4. The van der Waals surface area contributed by atoms with E-state index >= 15 is 0 Å². The molecule has 6 nitrogen and oxygen atoms in total. The lowest BCUT2D eigenvalue weighted by Gasteiger charge is -2.17. The van der Waals surface area contributed by atoms with E-state index in [0.717, 1.165) is 25.2 Å². The van der Waals surface area contributed by atoms with Crippen molar-refractivity contribution in [2.24, 2.45) is 5.84 Å². The zero-order valence-corrected chi connectivity index (χ0v) is 11.6. The molecule has 0 bridgehead atoms. The summed E-state index contributed by atoms with van der Waals surface area (Å²) in [5.41, 5.74) is 3.30. The number of nitrogens with zero attached hydrogens (tertiary/aromatic N) is 2. The van der Waals surface area contributed by atoms with Gasteiger partial charge in [-0.15, -0.1) is 0 Å². The molecule has 7 heteroatoms. The summed E-state index contributed by atoms with van der Waals surface area (Å²) in [5, 5.41) is 3.56. The number of anilines is 1. The first-order chi connectivity index (χ1) is 9.08. The molecule has 1 aromatic rings. The highest BCUT2D eigenvalue weighted by Gasteiger charge is 2.23. The largest absolute Gasteiger partial charge is 0.352 e. The Bertz CT molecular complexity index is 467. The van der Waals surface area contributed by atoms with Crippen LogP contribution in [0.2, 0.25) is 5.02 Å². The van der Waals surface area contributed by atoms with Gasteiger partial charge < -0.3 is 10.7 Å². The summed E-state index contributed by atoms with van der Waals surface area (Å²) >= 11 is 6.12. The molecule has 2 heterocycles. The average molecular weight is 284 g/mol. The smallest absolute Gasteiger partial charge is 0.217 e. The van der Waals surface area contributed by atoms with Crippen molar-refractivity contribution in [3.8, 4) is 0 Å². The Balaban J connectivity index is 1.97. The van der Waals surface area contributed by atoms with Crippen molar-refractivity contribution in [2.45, 2.75) is 25.9 Å². The Morgan fingerprint density at radius 3 is 3.11 bits per heavy atom. The molecule has 1 amide bonds. The summed E-state index contributed by atoms with van der Waals surface area (Å²) in [6.07, 6.45) is 0.950. The van der Waals surface area contributed by atoms with E-state index in [2.05, 4.69) is 20.6 Å². The van der Waals surface area contributed by atoms with E-state index in [1.807, 2.05) is 0 Å². The Morgan fingerprint density at radius 1 is 1.63 bits per heavy atom. The number of hydrazine groups is 1. The van der Waals surface area contributed by atoms with Crippen LogP contribution in [0.15, 0.2) is 12.1 Å². The van der Waals surface area contributed by atoms with Gasteiger partial charge in [-0.25, -0.2) is 10.8 Å². The first-order valence-electron chi connectivity index (χ1n) is 6.20. The average Bonchev–Trinajstić information content (AvgIpc) is 2.78. The van der Waals surface area contributed by atoms with Crippen molar-refractivity contribution in [3.05, 3.63) is 22.8 Å². The zero-order chi connectivity index (χ0) is 13.8. The molecule has 0 spiro atoms. The lowest BCUT2D eigenvalue weighted by atomic mass is 10.2. The minimum atomic E-state index is 0.0114. The van der Waals surface area contributed by atoms with Gasteiger partial charge in [0.05, 0.1) is 10.7 Å². The fourth-order valence-electron chi connectivity index (χ4n) is 2.27. The summed E-state index contributed by atoms with van der Waals surface area (Å²) in [6, 6.07) is 3.73. The quantitative estimate of drug-likeness (QED) is 0.560. The molecule has 1 aromatic heterocycles. The van der Waals surface area contributed by atoms with E-state index in [1.54, 1.807) is 12.1 Å². The second kappa shape index (κ2) is 6.18. The van der Waals surface area contributed by atoms with Crippen molar-refractivity contribution in [1.82, 2.24) is 15.2 Å². The Labute approximate surface area is 117 Å². The molecule has 1 aliphatic heterocycles. The van der Waals surface area contributed by atoms with Crippen LogP contribution < -0.4 is 16.6 Å². The highest BCUT2D eigenvalue weighted by atomic mass is 35.5. The molecular weight excluding hydrogens is 266 g/mol. The maximum atomic E-state index is 11.0. The third kappa shape index (κ3) is 3.79. The molecule has 0 saturated carbocycles. The summed E-state index contributed by atoms with van der Waals surface area (Å²) in [5.74, 6) is 5.94. The van der Waals surface area contributed by atoms with Gasteiger partial charge in [-0.05, 0) is 18.6 Å². The van der Waals surface area contributed by atoms with Crippen LogP contribution in [0.1, 0.15) is 19.0 Å². The van der Waals surface area contributed by atoms with E-state index < -0.39 is 0 Å². The van der Waals surface area contributed by atoms with E-state index in [9.17, 15) is 4.79 Å². The summed E-state index contributed by atoms with van der Waals surface area (Å²) in [6.45, 7) is 3.93. The standard InChI is InChI=1S/C12H18ClN5O/c1-8(19)15-9-4-5-18(6-9)7-11-10(13)2-3-12(16-11)17-14/h2-3,9H,4-7,14H2,1H3,(H,15,19)(H,16,17). The van der Waals surface area contributed by atoms with Crippen molar-refractivity contribution < 1.29 is 4.79 Å². The first-order valence-corrected chi connectivity index (χ1v) is 6.58. The van der Waals surface area contributed by atoms with Crippen LogP contribution in [-0.2, 0) is 11.3 Å². The van der Waals surface area contributed by atoms with Crippen LogP contribution in [0.25, 0.3) is 0 Å². The number of carbonyl (C=O) groups is 1. The van der Waals surface area contributed by atoms with Crippen LogP contribution in [0, 0.1) is 0 Å². The van der Waals surface area contributed by atoms with Gasteiger partial charge in [0, 0.05) is 32.6 Å². The molecular formula is C12H18ClN5O. The SMILES string of the molecule is CC(=O)NC1CCN(Cc2nc(NN)ccc2Cl)C1. The summed E-state index contributed by atoms with van der Waals surface area (Å²) in [7, 11) is 0. The van der Waals surface area contributed by atoms with Crippen LogP contribution in [0.5, 0.6) is 0 Å². The number of pyridine rings is 1. The summed E-state index contributed by atoms with van der Waals surface area (Å²) < 4.78 is 0. The molecule has 1 saturated heterocycles. The number of halogens is 1. The fourth-order valence-corrected chi connectivity index (χ4v) is 2.43. The van der Waals surface area contributed by atoms with Gasteiger partial charge in [-0.3, -0.25) is 9.69 Å². The lowest BCUT2D eigenvalue weighted by Crippen LogP contribution is -2.35. The Morgan fingerprint density at radius 2 is 2.42 bits per heavy atom. The third-order valence-corrected chi connectivity index (χ3v) is 3.46. The molecule has 1 atom stereocenters. The minimum Gasteiger partial charge on any atom is -0.352 e. The number of nitrogens with two attached hydrogens (primary N) is 1. The van der Waals surface area contributed by atoms with Gasteiger partial charge >= 0.3 is 0 Å². The fraction of sp³-hybridized carbons (Fsp3) is 0.500. The molecule has 0 radical (unpaired) electrons. The molecule has 4 N–H and O–H groups in total. The molecule has 1 unspecified atom stereocenters. The maximum absolute atomic E-state index is 11.0. The normalized spacial score (nSPS) is 19.4. The van der Waals surface area contributed by atoms with Crippen molar-refractivity contribution in [2.75, 3.05) is 18.5 Å². The first kappa shape index (κ1) is 14.0. The number of likely N-dealkylation sites (tertiary alicyclic amines) is 1. The molecule has 19 heavy (non-hydrogen) atoms. The highest BCUT2D eigenvalue weighted by Crippen LogP contribution is 2.20. The van der Waals surface area contributed by atoms with E-state index in [-0.39, 0.29) is 11.9 Å². The van der Waals surface area contributed by atoms with Gasteiger partial charge in [-0.1, -0.05) is 11.6 Å². The molecule has 104 valence electrons. The number of amides is 1. The second-order valence-electron chi connectivity index (χ2n) is 4.69. The number of hydrogen-bond acceptors (Lipinski definition) is 5. The molecule has 0 aromatic carbocycles. The maximum Gasteiger partial charge on any atom is 0.217 e. The van der Waals surface area contributed by atoms with Crippen LogP contribution in [-0.4, -0.2) is 34.9 Å². The van der Waals surface area contributed by atoms with Gasteiger partial charge in [0.25, 0.3) is 0 Å². The molecule has 1 aliphatic rings. The Hall–Kier alpha value is -1.37. The zero-order valence-electron chi connectivity index (χ0n) is 10.8. The third-order valence-electron chi connectivity index (χ3n) is 3.12. The number of hydrogen-bond donors (Lipinski definition) is 3. The minimum absolute atomic E-state index is 0.0114. The predicted octanol–water partition coefficient (Wildman–Crippen LogP) is 0.731. The van der Waals surface area contributed by atoms with Crippen molar-refractivity contribution >= 4 is 23.3 Å². The van der Waals surface area contributed by atoms with E-state index in [1.165, 1.54) is 6.92 Å². The van der Waals surface area contributed by atoms with Gasteiger partial charge in [0.1, 0.15) is 5.82 Å². The highest BCUT2D eigenvalue weighted by molar-refractivity contribution is 6.31. The van der Waals surface area contributed by atoms with Crippen molar-refractivity contribution in [1.29, 1.82) is 0 Å². The predicted molar refractivity (Wildman–Crippen MR) is 74.6 cm³/mol. The van der Waals surface area contributed by atoms with Gasteiger partial charge in [-0.2, -0.15) is 0 Å². The number of nitrogens with one attached hydrogen (secondary N) is 2. The number of aromatic nitrogens is 1. The van der Waals surface area contributed by atoms with Crippen LogP contribution >= 0.6 is 11.6 Å². The van der Waals surface area contributed by atoms with E-state index in [0.29, 0.717) is 17.4 Å².